The van der Waals surface area contributed by atoms with E-state index in [2.05, 4.69) is 6.08 Å². The van der Waals surface area contributed by atoms with Crippen molar-refractivity contribution in [1.82, 2.24) is 0 Å². The molecule has 0 saturated carbocycles. The van der Waals surface area contributed by atoms with Crippen molar-refractivity contribution in [3.05, 3.63) is 131 Å². The number of ketones is 1. The Morgan fingerprint density at radius 3 is 2.14 bits per heavy atom. The molecule has 0 heterocycles. The standard InChI is InChI=1S/C33H30O4/c1-32(31(34)24-12-6-4-7-13-24)22-25(19-23-11-10-16-27(20-23)36-2)29-18-17-28(37-3)21-30(29)33(32,35)26-14-8-5-9-15-26/h4-21,35H,22H2,1-3H3/b25-19+/t32-,33-/m0/s1. The van der Waals surface area contributed by atoms with Crippen LogP contribution in [0.5, 0.6) is 11.5 Å². The van der Waals surface area contributed by atoms with Gasteiger partial charge in [0.1, 0.15) is 17.1 Å². The lowest BCUT2D eigenvalue weighted by Crippen LogP contribution is -2.52. The highest BCUT2D eigenvalue weighted by Crippen LogP contribution is 2.57. The minimum Gasteiger partial charge on any atom is -0.497 e. The van der Waals surface area contributed by atoms with Crippen LogP contribution in [0.2, 0.25) is 0 Å². The molecular formula is C33H30O4. The fourth-order valence-corrected chi connectivity index (χ4v) is 5.50. The van der Waals surface area contributed by atoms with E-state index >= 15 is 0 Å². The van der Waals surface area contributed by atoms with Gasteiger partial charge in [-0.25, -0.2) is 0 Å². The Morgan fingerprint density at radius 2 is 1.46 bits per heavy atom. The Bertz CT molecular complexity index is 1460. The van der Waals surface area contributed by atoms with Gasteiger partial charge in [-0.3, -0.25) is 4.79 Å². The number of hydrogen-bond acceptors (Lipinski definition) is 4. The van der Waals surface area contributed by atoms with Crippen molar-refractivity contribution < 1.29 is 19.4 Å². The van der Waals surface area contributed by atoms with Crippen LogP contribution in [0.4, 0.5) is 0 Å². The highest BCUT2D eigenvalue weighted by molar-refractivity contribution is 6.04. The molecule has 0 bridgehead atoms. The molecule has 4 aromatic carbocycles. The van der Waals surface area contributed by atoms with Gasteiger partial charge in [-0.2, -0.15) is 0 Å². The number of rotatable bonds is 6. The van der Waals surface area contributed by atoms with E-state index in [1.807, 2.05) is 110 Å². The lowest BCUT2D eigenvalue weighted by Gasteiger charge is -2.49. The summed E-state index contributed by atoms with van der Waals surface area (Å²) >= 11 is 0. The second-order valence-corrected chi connectivity index (χ2v) is 9.64. The van der Waals surface area contributed by atoms with Crippen LogP contribution in [0, 0.1) is 5.41 Å². The molecule has 4 aromatic rings. The van der Waals surface area contributed by atoms with Crippen molar-refractivity contribution in [2.75, 3.05) is 14.2 Å². The zero-order valence-electron chi connectivity index (χ0n) is 21.3. The number of carbonyl (C=O) groups is 1. The molecule has 0 fully saturated rings. The molecule has 1 N–H and O–H groups in total. The molecule has 0 amide bonds. The SMILES string of the molecule is COc1cccc(/C=C2\C[C@@](C)(C(=O)c3ccccc3)[C@](O)(c3ccccc3)c3cc(OC)ccc32)c1. The van der Waals surface area contributed by atoms with Gasteiger partial charge in [-0.1, -0.05) is 84.9 Å². The number of ether oxygens (including phenoxy) is 2. The second-order valence-electron chi connectivity index (χ2n) is 9.64. The molecule has 0 aromatic heterocycles. The zero-order chi connectivity index (χ0) is 26.0. The Hall–Kier alpha value is -4.15. The van der Waals surface area contributed by atoms with Gasteiger partial charge in [0, 0.05) is 11.1 Å². The van der Waals surface area contributed by atoms with E-state index in [9.17, 15) is 9.90 Å². The van der Waals surface area contributed by atoms with Crippen LogP contribution in [0.25, 0.3) is 11.6 Å². The minimum atomic E-state index is -1.60. The molecule has 4 nitrogen and oxygen atoms in total. The average Bonchev–Trinajstić information content (AvgIpc) is 2.96. The molecule has 1 aliphatic rings. The van der Waals surface area contributed by atoms with Gasteiger partial charge in [0.2, 0.25) is 0 Å². The summed E-state index contributed by atoms with van der Waals surface area (Å²) in [6.07, 6.45) is 2.41. The van der Waals surface area contributed by atoms with Gasteiger partial charge in [0.05, 0.1) is 19.6 Å². The largest absolute Gasteiger partial charge is 0.497 e. The monoisotopic (exact) mass is 490 g/mol. The van der Waals surface area contributed by atoms with E-state index in [-0.39, 0.29) is 5.78 Å². The summed E-state index contributed by atoms with van der Waals surface area (Å²) in [5.41, 5.74) is 1.85. The van der Waals surface area contributed by atoms with Crippen LogP contribution in [0.3, 0.4) is 0 Å². The van der Waals surface area contributed by atoms with Crippen LogP contribution < -0.4 is 9.47 Å². The molecule has 0 unspecified atom stereocenters. The van der Waals surface area contributed by atoms with Gasteiger partial charge in [0.15, 0.2) is 5.78 Å². The molecular weight excluding hydrogens is 460 g/mol. The lowest BCUT2D eigenvalue weighted by molar-refractivity contribution is -0.0322. The first-order valence-electron chi connectivity index (χ1n) is 12.3. The second kappa shape index (κ2) is 9.72. The summed E-state index contributed by atoms with van der Waals surface area (Å²) in [5.74, 6) is 1.25. The Morgan fingerprint density at radius 1 is 0.811 bits per heavy atom. The number of benzene rings is 4. The normalized spacial score (nSPS) is 21.8. The maximum atomic E-state index is 14.3. The summed E-state index contributed by atoms with van der Waals surface area (Å²) in [5, 5.41) is 12.8. The van der Waals surface area contributed by atoms with E-state index in [1.54, 1.807) is 14.2 Å². The predicted octanol–water partition coefficient (Wildman–Crippen LogP) is 6.77. The number of aliphatic hydroxyl groups is 1. The predicted molar refractivity (Wildman–Crippen MR) is 147 cm³/mol. The maximum Gasteiger partial charge on any atom is 0.172 e. The summed E-state index contributed by atoms with van der Waals surface area (Å²) in [4.78, 5) is 14.3. The van der Waals surface area contributed by atoms with Crippen molar-refractivity contribution in [2.45, 2.75) is 18.9 Å². The van der Waals surface area contributed by atoms with Crippen molar-refractivity contribution >= 4 is 17.4 Å². The average molecular weight is 491 g/mol. The van der Waals surface area contributed by atoms with Crippen molar-refractivity contribution in [3.63, 3.8) is 0 Å². The van der Waals surface area contributed by atoms with Gasteiger partial charge in [0.25, 0.3) is 0 Å². The number of hydrogen-bond donors (Lipinski definition) is 1. The van der Waals surface area contributed by atoms with Crippen LogP contribution >= 0.6 is 0 Å². The Kier molecular flexibility index (Phi) is 6.45. The number of carbonyl (C=O) groups excluding carboxylic acids is 1. The van der Waals surface area contributed by atoms with Crippen molar-refractivity contribution in [3.8, 4) is 11.5 Å². The molecule has 0 saturated heterocycles. The summed E-state index contributed by atoms with van der Waals surface area (Å²) < 4.78 is 11.0. The number of allylic oxidation sites excluding steroid dienone is 1. The van der Waals surface area contributed by atoms with Crippen molar-refractivity contribution in [2.24, 2.45) is 5.41 Å². The summed E-state index contributed by atoms with van der Waals surface area (Å²) in [7, 11) is 3.25. The minimum absolute atomic E-state index is 0.121. The number of methoxy groups -OCH3 is 2. The number of Topliss-reactive ketones (excluding diaryl/α,β-unsaturated/α-hetero) is 1. The number of fused-ring (bicyclic) bond motifs is 1. The molecule has 4 heteroatoms. The molecule has 37 heavy (non-hydrogen) atoms. The topological polar surface area (TPSA) is 55.8 Å². The third kappa shape index (κ3) is 4.13. The van der Waals surface area contributed by atoms with Crippen molar-refractivity contribution in [1.29, 1.82) is 0 Å². The van der Waals surface area contributed by atoms with Gasteiger partial charge in [-0.15, -0.1) is 0 Å². The van der Waals surface area contributed by atoms with E-state index in [1.165, 1.54) is 0 Å². The highest BCUT2D eigenvalue weighted by atomic mass is 16.5. The first-order valence-corrected chi connectivity index (χ1v) is 12.3. The third-order valence-corrected chi connectivity index (χ3v) is 7.47. The van der Waals surface area contributed by atoms with E-state index in [0.29, 0.717) is 28.9 Å². The molecule has 0 aliphatic heterocycles. The fraction of sp³-hybridized carbons (Fsp3) is 0.182. The highest BCUT2D eigenvalue weighted by Gasteiger charge is 2.58. The smallest absolute Gasteiger partial charge is 0.172 e. The van der Waals surface area contributed by atoms with Crippen LogP contribution in [0.1, 0.15) is 46.0 Å². The Labute approximate surface area is 217 Å². The van der Waals surface area contributed by atoms with Crippen LogP contribution in [-0.4, -0.2) is 25.1 Å². The summed E-state index contributed by atoms with van der Waals surface area (Å²) in [6, 6.07) is 32.2. The first-order chi connectivity index (χ1) is 17.9. The molecule has 2 atom stereocenters. The van der Waals surface area contributed by atoms with Crippen LogP contribution in [-0.2, 0) is 5.60 Å². The molecule has 0 spiro atoms. The van der Waals surface area contributed by atoms with Gasteiger partial charge in [-0.05, 0) is 59.9 Å². The molecule has 186 valence electrons. The molecule has 1 aliphatic carbocycles. The van der Waals surface area contributed by atoms with E-state index < -0.39 is 11.0 Å². The fourth-order valence-electron chi connectivity index (χ4n) is 5.50. The summed E-state index contributed by atoms with van der Waals surface area (Å²) in [6.45, 7) is 1.87. The van der Waals surface area contributed by atoms with Gasteiger partial charge < -0.3 is 14.6 Å². The molecule has 0 radical (unpaired) electrons. The zero-order valence-corrected chi connectivity index (χ0v) is 21.3. The van der Waals surface area contributed by atoms with Crippen LogP contribution in [0.15, 0.2) is 103 Å². The quantitative estimate of drug-likeness (QED) is 0.303. The van der Waals surface area contributed by atoms with E-state index in [4.69, 9.17) is 9.47 Å². The van der Waals surface area contributed by atoms with E-state index in [0.717, 1.165) is 22.4 Å². The Balaban J connectivity index is 1.81. The maximum absolute atomic E-state index is 14.3. The lowest BCUT2D eigenvalue weighted by atomic mass is 9.55. The third-order valence-electron chi connectivity index (χ3n) is 7.47. The van der Waals surface area contributed by atoms with Gasteiger partial charge >= 0.3 is 0 Å². The molecule has 5 rings (SSSR count). The first kappa shape index (κ1) is 24.5.